The zero-order valence-electron chi connectivity index (χ0n) is 9.59. The Hall–Kier alpha value is -0.570. The first-order valence-corrected chi connectivity index (χ1v) is 6.56. The maximum absolute atomic E-state index is 11.1. The smallest absolute Gasteiger partial charge is 0.302 e. The van der Waals surface area contributed by atoms with Gasteiger partial charge in [0.2, 0.25) is 0 Å². The van der Waals surface area contributed by atoms with E-state index in [0.29, 0.717) is 18.1 Å². The Morgan fingerprint density at radius 3 is 2.94 bits per heavy atom. The Morgan fingerprint density at radius 1 is 1.25 bits per heavy atom. The first kappa shape index (κ1) is 9.46. The number of fused-ring (bicyclic) bond motifs is 3. The van der Waals surface area contributed by atoms with Gasteiger partial charge in [0.25, 0.3) is 0 Å². The summed E-state index contributed by atoms with van der Waals surface area (Å²) in [5.74, 6) is 2.89. The van der Waals surface area contributed by atoms with E-state index in [2.05, 4.69) is 0 Å². The summed E-state index contributed by atoms with van der Waals surface area (Å²) < 4.78 is 11.2. The molecule has 7 unspecified atom stereocenters. The molecule has 0 spiro atoms. The van der Waals surface area contributed by atoms with Crippen molar-refractivity contribution in [2.45, 2.75) is 50.9 Å². The van der Waals surface area contributed by atoms with E-state index in [9.17, 15) is 4.79 Å². The standard InChI is InChI=1S/C13H18O3/c1-6(14)15-10-4-7-2-3-8(10)9-5-11-13(16-11)12(7)9/h7-13H,2-5H2,1H3. The Labute approximate surface area is 95.5 Å². The van der Waals surface area contributed by atoms with Crippen LogP contribution in [0.25, 0.3) is 0 Å². The van der Waals surface area contributed by atoms with Gasteiger partial charge in [0.15, 0.2) is 0 Å². The molecule has 7 atom stereocenters. The molecule has 3 heteroatoms. The van der Waals surface area contributed by atoms with Crippen LogP contribution in [0.3, 0.4) is 0 Å². The molecule has 5 aliphatic rings. The zero-order chi connectivity index (χ0) is 10.9. The first-order valence-electron chi connectivity index (χ1n) is 6.56. The van der Waals surface area contributed by atoms with E-state index in [4.69, 9.17) is 9.47 Å². The van der Waals surface area contributed by atoms with Gasteiger partial charge in [-0.25, -0.2) is 0 Å². The highest BCUT2D eigenvalue weighted by Crippen LogP contribution is 2.62. The molecule has 88 valence electrons. The highest BCUT2D eigenvalue weighted by atomic mass is 16.6. The van der Waals surface area contributed by atoms with Crippen molar-refractivity contribution in [3.63, 3.8) is 0 Å². The fourth-order valence-corrected chi connectivity index (χ4v) is 4.80. The van der Waals surface area contributed by atoms with Gasteiger partial charge in [0, 0.05) is 6.92 Å². The number of rotatable bonds is 1. The van der Waals surface area contributed by atoms with Gasteiger partial charge in [-0.3, -0.25) is 4.79 Å². The summed E-state index contributed by atoms with van der Waals surface area (Å²) in [5.41, 5.74) is 0. The van der Waals surface area contributed by atoms with Crippen molar-refractivity contribution < 1.29 is 14.3 Å². The molecule has 16 heavy (non-hydrogen) atoms. The van der Waals surface area contributed by atoms with E-state index >= 15 is 0 Å². The lowest BCUT2D eigenvalue weighted by atomic mass is 9.58. The number of carbonyl (C=O) groups excluding carboxylic acids is 1. The summed E-state index contributed by atoms with van der Waals surface area (Å²) >= 11 is 0. The van der Waals surface area contributed by atoms with E-state index in [0.717, 1.165) is 24.2 Å². The van der Waals surface area contributed by atoms with Crippen LogP contribution in [0.15, 0.2) is 0 Å². The highest BCUT2D eigenvalue weighted by Gasteiger charge is 2.64. The van der Waals surface area contributed by atoms with Crippen molar-refractivity contribution in [3.05, 3.63) is 0 Å². The highest BCUT2D eigenvalue weighted by molar-refractivity contribution is 5.66. The summed E-state index contributed by atoms with van der Waals surface area (Å²) in [4.78, 5) is 11.1. The average molecular weight is 222 g/mol. The fraction of sp³-hybridized carbons (Fsp3) is 0.923. The second-order valence-corrected chi connectivity index (χ2v) is 6.00. The molecule has 1 heterocycles. The van der Waals surface area contributed by atoms with E-state index < -0.39 is 0 Å². The first-order chi connectivity index (χ1) is 7.74. The molecular weight excluding hydrogens is 204 g/mol. The fourth-order valence-electron chi connectivity index (χ4n) is 4.80. The van der Waals surface area contributed by atoms with E-state index in [1.807, 2.05) is 0 Å². The third kappa shape index (κ3) is 1.15. The number of carbonyl (C=O) groups is 1. The molecule has 0 radical (unpaired) electrons. The van der Waals surface area contributed by atoms with Gasteiger partial charge >= 0.3 is 5.97 Å². The second kappa shape index (κ2) is 3.00. The second-order valence-electron chi connectivity index (χ2n) is 6.00. The maximum Gasteiger partial charge on any atom is 0.302 e. The van der Waals surface area contributed by atoms with Crippen LogP contribution in [-0.2, 0) is 14.3 Å². The van der Waals surface area contributed by atoms with Crippen LogP contribution in [0.1, 0.15) is 32.6 Å². The van der Waals surface area contributed by atoms with Crippen LogP contribution in [0.4, 0.5) is 0 Å². The molecule has 1 saturated heterocycles. The van der Waals surface area contributed by atoms with Crippen molar-refractivity contribution in [3.8, 4) is 0 Å². The maximum atomic E-state index is 11.1. The largest absolute Gasteiger partial charge is 0.462 e. The third-order valence-corrected chi connectivity index (χ3v) is 5.29. The van der Waals surface area contributed by atoms with Gasteiger partial charge < -0.3 is 9.47 Å². The monoisotopic (exact) mass is 222 g/mol. The molecule has 1 aliphatic heterocycles. The summed E-state index contributed by atoms with van der Waals surface area (Å²) in [6.45, 7) is 1.54. The molecule has 5 fully saturated rings. The van der Waals surface area contributed by atoms with Gasteiger partial charge in [0.1, 0.15) is 6.10 Å². The van der Waals surface area contributed by atoms with E-state index in [1.165, 1.54) is 26.2 Å². The summed E-state index contributed by atoms with van der Waals surface area (Å²) in [6, 6.07) is 0. The number of esters is 1. The lowest BCUT2D eigenvalue weighted by Crippen LogP contribution is -2.49. The van der Waals surface area contributed by atoms with Crippen molar-refractivity contribution in [1.82, 2.24) is 0 Å². The minimum Gasteiger partial charge on any atom is -0.462 e. The van der Waals surface area contributed by atoms with Crippen LogP contribution < -0.4 is 0 Å². The van der Waals surface area contributed by atoms with Gasteiger partial charge in [-0.1, -0.05) is 0 Å². The quantitative estimate of drug-likeness (QED) is 0.501. The van der Waals surface area contributed by atoms with Crippen molar-refractivity contribution in [1.29, 1.82) is 0 Å². The van der Waals surface area contributed by atoms with Crippen LogP contribution in [0.2, 0.25) is 0 Å². The summed E-state index contributed by atoms with van der Waals surface area (Å²) in [6.07, 6.45) is 6.28. The number of hydrogen-bond acceptors (Lipinski definition) is 3. The Morgan fingerprint density at radius 2 is 2.12 bits per heavy atom. The third-order valence-electron chi connectivity index (χ3n) is 5.29. The van der Waals surface area contributed by atoms with Crippen LogP contribution in [0, 0.1) is 23.7 Å². The molecular formula is C13H18O3. The van der Waals surface area contributed by atoms with Gasteiger partial charge in [-0.2, -0.15) is 0 Å². The minimum atomic E-state index is -0.103. The summed E-state index contributed by atoms with van der Waals surface area (Å²) in [5, 5.41) is 0. The Balaban J connectivity index is 1.58. The molecule has 0 amide bonds. The molecule has 2 bridgehead atoms. The number of hydrogen-bond donors (Lipinski definition) is 0. The number of epoxide rings is 1. The molecule has 0 aromatic carbocycles. The van der Waals surface area contributed by atoms with E-state index in [1.54, 1.807) is 0 Å². The Kier molecular flexibility index (Phi) is 1.78. The SMILES string of the molecule is CC(=O)OC1CC2CCC1C1CC3OC3C21. The van der Waals surface area contributed by atoms with Crippen molar-refractivity contribution in [2.24, 2.45) is 23.7 Å². The molecule has 0 N–H and O–H groups in total. The molecule has 3 nitrogen and oxygen atoms in total. The summed E-state index contributed by atoms with van der Waals surface area (Å²) in [7, 11) is 0. The topological polar surface area (TPSA) is 38.8 Å². The van der Waals surface area contributed by atoms with Crippen LogP contribution in [0.5, 0.6) is 0 Å². The van der Waals surface area contributed by atoms with Gasteiger partial charge in [-0.05, 0) is 49.4 Å². The molecule has 0 aromatic heterocycles. The molecule has 4 saturated carbocycles. The van der Waals surface area contributed by atoms with Crippen LogP contribution in [-0.4, -0.2) is 24.3 Å². The van der Waals surface area contributed by atoms with Crippen molar-refractivity contribution >= 4 is 5.97 Å². The average Bonchev–Trinajstić information content (AvgIpc) is 2.89. The van der Waals surface area contributed by atoms with Gasteiger partial charge in [0.05, 0.1) is 12.2 Å². The normalized spacial score (nSPS) is 56.7. The molecule has 0 aromatic rings. The molecule has 5 rings (SSSR count). The lowest BCUT2D eigenvalue weighted by molar-refractivity contribution is -0.163. The number of ether oxygens (including phenoxy) is 2. The predicted molar refractivity (Wildman–Crippen MR) is 56.6 cm³/mol. The van der Waals surface area contributed by atoms with Gasteiger partial charge in [-0.15, -0.1) is 0 Å². The molecule has 4 aliphatic carbocycles. The predicted octanol–water partition coefficient (Wildman–Crippen LogP) is 1.75. The van der Waals surface area contributed by atoms with Crippen LogP contribution >= 0.6 is 0 Å². The minimum absolute atomic E-state index is 0.103. The van der Waals surface area contributed by atoms with Crippen molar-refractivity contribution in [2.75, 3.05) is 0 Å². The van der Waals surface area contributed by atoms with E-state index in [-0.39, 0.29) is 12.1 Å². The lowest BCUT2D eigenvalue weighted by Gasteiger charge is -2.50. The zero-order valence-corrected chi connectivity index (χ0v) is 9.59. The Bertz CT molecular complexity index is 340.